The molecule has 0 spiro atoms. The highest BCUT2D eigenvalue weighted by Gasteiger charge is 2.15. The topological polar surface area (TPSA) is 96.9 Å². The summed E-state index contributed by atoms with van der Waals surface area (Å²) < 4.78 is 12.1. The third kappa shape index (κ3) is 6.88. The molecule has 0 aliphatic carbocycles. The quantitative estimate of drug-likeness (QED) is 0.282. The van der Waals surface area contributed by atoms with E-state index < -0.39 is 5.97 Å². The molecule has 3 aromatic carbocycles. The van der Waals surface area contributed by atoms with Crippen LogP contribution in [0.4, 0.5) is 11.4 Å². The van der Waals surface area contributed by atoms with Crippen molar-refractivity contribution in [3.05, 3.63) is 80.8 Å². The third-order valence-electron chi connectivity index (χ3n) is 4.78. The van der Waals surface area contributed by atoms with Crippen LogP contribution in [0.1, 0.15) is 28.4 Å². The van der Waals surface area contributed by atoms with Crippen molar-refractivity contribution in [2.45, 2.75) is 20.4 Å². The lowest BCUT2D eigenvalue weighted by Gasteiger charge is -2.16. The largest absolute Gasteiger partial charge is 0.490 e. The Bertz CT molecular complexity index is 1200. The first kappa shape index (κ1) is 25.4. The number of nitrogens with one attached hydrogen (secondary N) is 2. The van der Waals surface area contributed by atoms with Crippen LogP contribution in [0, 0.1) is 6.92 Å². The molecule has 3 N–H and O–H groups in total. The Morgan fingerprint density at radius 1 is 1.06 bits per heavy atom. The maximum absolute atomic E-state index is 12.4. The summed E-state index contributed by atoms with van der Waals surface area (Å²) >= 11 is 9.61. The average molecular weight is 548 g/mol. The number of carboxylic acid groups (broad SMARTS) is 1. The molecule has 0 saturated carbocycles. The smallest absolute Gasteiger partial charge is 0.335 e. The molecule has 0 saturated heterocycles. The number of carbonyl (C=O) groups excluding carboxylic acids is 1. The van der Waals surface area contributed by atoms with Crippen molar-refractivity contribution in [2.24, 2.45) is 0 Å². The summed E-state index contributed by atoms with van der Waals surface area (Å²) in [7, 11) is 0. The van der Waals surface area contributed by atoms with E-state index in [9.17, 15) is 9.59 Å². The summed E-state index contributed by atoms with van der Waals surface area (Å²) in [5.74, 6) is -0.422. The number of amides is 1. The Hall–Kier alpha value is -3.23. The van der Waals surface area contributed by atoms with E-state index in [2.05, 4.69) is 26.6 Å². The first-order valence-electron chi connectivity index (χ1n) is 10.5. The lowest BCUT2D eigenvalue weighted by molar-refractivity contribution is -0.118. The second-order valence-corrected chi connectivity index (χ2v) is 8.64. The molecule has 3 aromatic rings. The Labute approximate surface area is 211 Å². The van der Waals surface area contributed by atoms with Gasteiger partial charge in [-0.2, -0.15) is 0 Å². The predicted octanol–water partition coefficient (Wildman–Crippen LogP) is 6.14. The van der Waals surface area contributed by atoms with Crippen LogP contribution in [-0.4, -0.2) is 30.2 Å². The Kier molecular flexibility index (Phi) is 8.79. The molecule has 0 aliphatic rings. The van der Waals surface area contributed by atoms with Gasteiger partial charge in [0.15, 0.2) is 18.1 Å². The first-order valence-corrected chi connectivity index (χ1v) is 11.6. The van der Waals surface area contributed by atoms with E-state index in [0.29, 0.717) is 45.5 Å². The molecule has 178 valence electrons. The van der Waals surface area contributed by atoms with Crippen molar-refractivity contribution in [3.63, 3.8) is 0 Å². The highest BCUT2D eigenvalue weighted by molar-refractivity contribution is 9.10. The number of ether oxygens (including phenoxy) is 2. The normalized spacial score (nSPS) is 10.5. The van der Waals surface area contributed by atoms with Crippen LogP contribution in [0.15, 0.2) is 59.1 Å². The zero-order valence-electron chi connectivity index (χ0n) is 18.7. The highest BCUT2D eigenvalue weighted by Crippen LogP contribution is 2.37. The van der Waals surface area contributed by atoms with E-state index in [1.54, 1.807) is 30.3 Å². The van der Waals surface area contributed by atoms with E-state index in [1.165, 1.54) is 6.07 Å². The van der Waals surface area contributed by atoms with E-state index in [-0.39, 0.29) is 18.1 Å². The van der Waals surface area contributed by atoms with Crippen molar-refractivity contribution in [1.29, 1.82) is 0 Å². The second-order valence-electron chi connectivity index (χ2n) is 7.38. The van der Waals surface area contributed by atoms with Gasteiger partial charge in [-0.25, -0.2) is 4.79 Å². The number of aromatic carboxylic acids is 1. The van der Waals surface area contributed by atoms with Crippen LogP contribution in [0.3, 0.4) is 0 Å². The number of halogens is 2. The molecular weight excluding hydrogens is 524 g/mol. The Morgan fingerprint density at radius 3 is 2.56 bits per heavy atom. The number of carboxylic acids is 1. The SMILES string of the molecule is CCOc1cc(CNc2cccc(C(=O)O)c2)cc(Br)c1OCC(=O)Nc1ccc(C)c(Cl)c1. The van der Waals surface area contributed by atoms with Crippen molar-refractivity contribution < 1.29 is 24.2 Å². The molecule has 0 fully saturated rings. The minimum Gasteiger partial charge on any atom is -0.490 e. The van der Waals surface area contributed by atoms with Crippen LogP contribution in [-0.2, 0) is 11.3 Å². The summed E-state index contributed by atoms with van der Waals surface area (Å²) in [5.41, 5.74) is 3.27. The summed E-state index contributed by atoms with van der Waals surface area (Å²) in [6, 6.07) is 15.5. The molecule has 3 rings (SSSR count). The number of carbonyl (C=O) groups is 2. The fourth-order valence-electron chi connectivity index (χ4n) is 3.10. The van der Waals surface area contributed by atoms with E-state index in [0.717, 1.165) is 11.1 Å². The maximum Gasteiger partial charge on any atom is 0.335 e. The monoisotopic (exact) mass is 546 g/mol. The van der Waals surface area contributed by atoms with Gasteiger partial charge in [-0.15, -0.1) is 0 Å². The van der Waals surface area contributed by atoms with Gasteiger partial charge in [0.1, 0.15) is 0 Å². The molecule has 0 atom stereocenters. The van der Waals surface area contributed by atoms with Crippen LogP contribution in [0.25, 0.3) is 0 Å². The summed E-state index contributed by atoms with van der Waals surface area (Å²) in [5, 5.41) is 15.7. The molecule has 0 bridgehead atoms. The van der Waals surface area contributed by atoms with Crippen LogP contribution in [0.5, 0.6) is 11.5 Å². The minimum absolute atomic E-state index is 0.205. The van der Waals surface area contributed by atoms with Gasteiger partial charge >= 0.3 is 5.97 Å². The molecule has 1 amide bonds. The van der Waals surface area contributed by atoms with Gasteiger partial charge in [-0.1, -0.05) is 23.7 Å². The minimum atomic E-state index is -0.985. The maximum atomic E-state index is 12.4. The standard InChI is InChI=1S/C25H24BrClN2O5/c1-3-33-22-10-16(13-28-18-6-4-5-17(11-18)25(31)32)9-20(26)24(22)34-14-23(30)29-19-8-7-15(2)21(27)12-19/h4-12,28H,3,13-14H2,1-2H3,(H,29,30)(H,31,32). The van der Waals surface area contributed by atoms with Crippen molar-refractivity contribution in [1.82, 2.24) is 0 Å². The van der Waals surface area contributed by atoms with Gasteiger partial charge in [0.25, 0.3) is 5.91 Å². The number of rotatable bonds is 10. The predicted molar refractivity (Wildman–Crippen MR) is 136 cm³/mol. The van der Waals surface area contributed by atoms with Crippen LogP contribution >= 0.6 is 27.5 Å². The summed E-state index contributed by atoms with van der Waals surface area (Å²) in [6.07, 6.45) is 0. The summed E-state index contributed by atoms with van der Waals surface area (Å²) in [4.78, 5) is 23.5. The molecular formula is C25H24BrClN2O5. The number of benzene rings is 3. The molecule has 7 nitrogen and oxygen atoms in total. The van der Waals surface area contributed by atoms with Gasteiger partial charge in [0, 0.05) is 22.9 Å². The zero-order chi connectivity index (χ0) is 24.7. The number of hydrogen-bond acceptors (Lipinski definition) is 5. The fourth-order valence-corrected chi connectivity index (χ4v) is 3.88. The number of anilines is 2. The number of hydrogen-bond donors (Lipinski definition) is 3. The summed E-state index contributed by atoms with van der Waals surface area (Å²) in [6.45, 7) is 4.36. The van der Waals surface area contributed by atoms with Crippen molar-refractivity contribution >= 4 is 50.8 Å². The molecule has 9 heteroatoms. The Morgan fingerprint density at radius 2 is 1.85 bits per heavy atom. The zero-order valence-corrected chi connectivity index (χ0v) is 21.0. The first-order chi connectivity index (χ1) is 16.3. The van der Waals surface area contributed by atoms with Crippen molar-refractivity contribution in [2.75, 3.05) is 23.8 Å². The van der Waals surface area contributed by atoms with E-state index >= 15 is 0 Å². The van der Waals surface area contributed by atoms with Crippen molar-refractivity contribution in [3.8, 4) is 11.5 Å². The van der Waals surface area contributed by atoms with E-state index in [4.69, 9.17) is 26.2 Å². The van der Waals surface area contributed by atoms with Crippen LogP contribution < -0.4 is 20.1 Å². The lowest BCUT2D eigenvalue weighted by atomic mass is 10.1. The van der Waals surface area contributed by atoms with Gasteiger partial charge in [-0.05, 0) is 83.4 Å². The molecule has 34 heavy (non-hydrogen) atoms. The Balaban J connectivity index is 1.68. The van der Waals surface area contributed by atoms with Gasteiger partial charge in [0.05, 0.1) is 16.6 Å². The van der Waals surface area contributed by atoms with Gasteiger partial charge < -0.3 is 25.2 Å². The van der Waals surface area contributed by atoms with Gasteiger partial charge in [-0.3, -0.25) is 4.79 Å². The molecule has 0 unspecified atom stereocenters. The van der Waals surface area contributed by atoms with Gasteiger partial charge in [0.2, 0.25) is 0 Å². The molecule has 0 radical (unpaired) electrons. The number of aryl methyl sites for hydroxylation is 1. The van der Waals surface area contributed by atoms with Crippen LogP contribution in [0.2, 0.25) is 5.02 Å². The molecule has 0 heterocycles. The highest BCUT2D eigenvalue weighted by atomic mass is 79.9. The molecule has 0 aromatic heterocycles. The average Bonchev–Trinajstić information content (AvgIpc) is 2.80. The third-order valence-corrected chi connectivity index (χ3v) is 5.77. The lowest BCUT2D eigenvalue weighted by Crippen LogP contribution is -2.20. The second kappa shape index (κ2) is 11.8. The fraction of sp³-hybridized carbons (Fsp3) is 0.200. The van der Waals surface area contributed by atoms with E-state index in [1.807, 2.05) is 32.0 Å². The molecule has 0 aliphatic heterocycles.